The molecule has 0 bridgehead atoms. The highest BCUT2D eigenvalue weighted by molar-refractivity contribution is 6.31. The van der Waals surface area contributed by atoms with Gasteiger partial charge in [-0.3, -0.25) is 0 Å². The van der Waals surface area contributed by atoms with E-state index in [-0.39, 0.29) is 11.5 Å². The van der Waals surface area contributed by atoms with Crippen molar-refractivity contribution >= 4 is 11.6 Å². The number of hydrogen-bond acceptors (Lipinski definition) is 1. The van der Waals surface area contributed by atoms with Crippen LogP contribution in [-0.2, 0) is 6.42 Å². The molecule has 1 N–H and O–H groups in total. The number of benzene rings is 1. The highest BCUT2D eigenvalue weighted by atomic mass is 35.5. The van der Waals surface area contributed by atoms with Crippen LogP contribution in [0.2, 0.25) is 5.02 Å². The quantitative estimate of drug-likeness (QED) is 0.847. The summed E-state index contributed by atoms with van der Waals surface area (Å²) < 4.78 is 0. The highest BCUT2D eigenvalue weighted by Gasteiger charge is 2.21. The molecule has 0 aromatic heterocycles. The lowest BCUT2D eigenvalue weighted by Gasteiger charge is -2.25. The van der Waals surface area contributed by atoms with Crippen LogP contribution < -0.4 is 0 Å². The lowest BCUT2D eigenvalue weighted by atomic mass is 9.86. The normalized spacial score (nSPS) is 13.9. The van der Waals surface area contributed by atoms with Gasteiger partial charge < -0.3 is 5.11 Å². The van der Waals surface area contributed by atoms with Crippen molar-refractivity contribution in [2.45, 2.75) is 46.6 Å². The van der Waals surface area contributed by atoms with Crippen LogP contribution in [0.15, 0.2) is 18.2 Å². The van der Waals surface area contributed by atoms with Gasteiger partial charge in [-0.25, -0.2) is 0 Å². The number of hydrogen-bond donors (Lipinski definition) is 1. The van der Waals surface area contributed by atoms with Gasteiger partial charge in [-0.1, -0.05) is 44.5 Å². The molecule has 0 saturated carbocycles. The molecule has 0 radical (unpaired) electrons. The Morgan fingerprint density at radius 3 is 2.44 bits per heavy atom. The van der Waals surface area contributed by atoms with E-state index in [2.05, 4.69) is 26.8 Å². The molecule has 2 heteroatoms. The summed E-state index contributed by atoms with van der Waals surface area (Å²) in [5, 5.41) is 10.7. The Morgan fingerprint density at radius 1 is 1.31 bits per heavy atom. The molecule has 0 aliphatic carbocycles. The molecule has 0 fully saturated rings. The van der Waals surface area contributed by atoms with E-state index in [0.717, 1.165) is 23.4 Å². The van der Waals surface area contributed by atoms with Crippen molar-refractivity contribution in [3.05, 3.63) is 34.3 Å². The van der Waals surface area contributed by atoms with Crippen LogP contribution >= 0.6 is 11.6 Å². The predicted octanol–water partition coefficient (Wildman–Crippen LogP) is 3.99. The fourth-order valence-electron chi connectivity index (χ4n) is 1.53. The third kappa shape index (κ3) is 3.80. The summed E-state index contributed by atoms with van der Waals surface area (Å²) in [4.78, 5) is 0. The minimum absolute atomic E-state index is 0.0471. The van der Waals surface area contributed by atoms with Crippen molar-refractivity contribution in [2.24, 2.45) is 5.41 Å². The first-order valence-electron chi connectivity index (χ1n) is 5.74. The first-order chi connectivity index (χ1) is 7.30. The maximum absolute atomic E-state index is 9.94. The maximum Gasteiger partial charge on any atom is 0.0591 e. The van der Waals surface area contributed by atoms with Crippen LogP contribution in [-0.4, -0.2) is 11.2 Å². The average Bonchev–Trinajstić information content (AvgIpc) is 2.18. The lowest BCUT2D eigenvalue weighted by molar-refractivity contribution is 0.0560. The fourth-order valence-corrected chi connectivity index (χ4v) is 1.73. The second-order valence-corrected chi connectivity index (χ2v) is 5.91. The molecule has 16 heavy (non-hydrogen) atoms. The lowest BCUT2D eigenvalue weighted by Crippen LogP contribution is -2.26. The second kappa shape index (κ2) is 5.20. The minimum atomic E-state index is -0.271. The number of rotatable bonds is 3. The van der Waals surface area contributed by atoms with E-state index in [1.165, 1.54) is 5.56 Å². The number of aryl methyl sites for hydroxylation is 2. The van der Waals surface area contributed by atoms with Crippen molar-refractivity contribution < 1.29 is 5.11 Å². The highest BCUT2D eigenvalue weighted by Crippen LogP contribution is 2.24. The summed E-state index contributed by atoms with van der Waals surface area (Å²) in [5.74, 6) is 0. The summed E-state index contributed by atoms with van der Waals surface area (Å²) in [6, 6.07) is 6.10. The molecule has 1 aromatic carbocycles. The Bertz CT molecular complexity index is 352. The van der Waals surface area contributed by atoms with Crippen molar-refractivity contribution in [3.8, 4) is 0 Å². The van der Waals surface area contributed by atoms with E-state index >= 15 is 0 Å². The Balaban J connectivity index is 2.58. The van der Waals surface area contributed by atoms with Gasteiger partial charge in [0.2, 0.25) is 0 Å². The van der Waals surface area contributed by atoms with E-state index < -0.39 is 0 Å². The maximum atomic E-state index is 9.94. The summed E-state index contributed by atoms with van der Waals surface area (Å²) >= 11 is 6.06. The molecule has 1 atom stereocenters. The molecule has 1 aromatic rings. The zero-order valence-electron chi connectivity index (χ0n) is 10.5. The van der Waals surface area contributed by atoms with Crippen LogP contribution in [0.5, 0.6) is 0 Å². The Hall–Kier alpha value is -0.530. The molecule has 1 rings (SSSR count). The van der Waals surface area contributed by atoms with Gasteiger partial charge in [-0.15, -0.1) is 0 Å². The van der Waals surface area contributed by atoms with Gasteiger partial charge in [0.1, 0.15) is 0 Å². The van der Waals surface area contributed by atoms with Gasteiger partial charge in [0.25, 0.3) is 0 Å². The van der Waals surface area contributed by atoms with Gasteiger partial charge in [-0.2, -0.15) is 0 Å². The summed E-state index contributed by atoms with van der Waals surface area (Å²) in [6.07, 6.45) is 1.38. The molecular formula is C14H21ClO. The van der Waals surface area contributed by atoms with Crippen molar-refractivity contribution in [3.63, 3.8) is 0 Å². The Morgan fingerprint density at radius 2 is 1.94 bits per heavy atom. The molecule has 1 nitrogen and oxygen atoms in total. The Kier molecular flexibility index (Phi) is 4.40. The third-order valence-corrected chi connectivity index (χ3v) is 3.35. The zero-order valence-corrected chi connectivity index (χ0v) is 11.3. The van der Waals surface area contributed by atoms with Crippen LogP contribution in [0.1, 0.15) is 38.3 Å². The smallest absolute Gasteiger partial charge is 0.0591 e. The number of halogens is 1. The fraction of sp³-hybridized carbons (Fsp3) is 0.571. The van der Waals surface area contributed by atoms with Crippen molar-refractivity contribution in [1.82, 2.24) is 0 Å². The number of aliphatic hydroxyl groups excluding tert-OH is 1. The van der Waals surface area contributed by atoms with Gasteiger partial charge in [0.15, 0.2) is 0 Å². The molecule has 0 aliphatic rings. The van der Waals surface area contributed by atoms with Gasteiger partial charge in [0, 0.05) is 5.02 Å². The molecule has 0 spiro atoms. The van der Waals surface area contributed by atoms with Crippen LogP contribution in [0.3, 0.4) is 0 Å². The summed E-state index contributed by atoms with van der Waals surface area (Å²) in [7, 11) is 0. The van der Waals surface area contributed by atoms with Gasteiger partial charge >= 0.3 is 0 Å². The molecule has 0 heterocycles. The zero-order chi connectivity index (χ0) is 12.3. The standard InChI is InChI=1S/C14H21ClO/c1-10-5-6-11(9-12(10)15)7-8-13(16)14(2,3)4/h5-6,9,13,16H,7-8H2,1-4H3. The topological polar surface area (TPSA) is 20.2 Å². The Labute approximate surface area is 103 Å². The van der Waals surface area contributed by atoms with Crippen LogP contribution in [0, 0.1) is 12.3 Å². The first kappa shape index (κ1) is 13.5. The van der Waals surface area contributed by atoms with E-state index in [4.69, 9.17) is 11.6 Å². The molecule has 0 aliphatic heterocycles. The van der Waals surface area contributed by atoms with E-state index in [0.29, 0.717) is 0 Å². The van der Waals surface area contributed by atoms with Crippen molar-refractivity contribution in [2.75, 3.05) is 0 Å². The molecule has 0 saturated heterocycles. The molecule has 1 unspecified atom stereocenters. The molecule has 90 valence electrons. The van der Waals surface area contributed by atoms with Gasteiger partial charge in [-0.05, 0) is 42.4 Å². The summed E-state index contributed by atoms with van der Waals surface area (Å²) in [6.45, 7) is 8.16. The minimum Gasteiger partial charge on any atom is -0.393 e. The first-order valence-corrected chi connectivity index (χ1v) is 6.11. The van der Waals surface area contributed by atoms with Crippen LogP contribution in [0.4, 0.5) is 0 Å². The van der Waals surface area contributed by atoms with E-state index in [1.54, 1.807) is 0 Å². The van der Waals surface area contributed by atoms with Crippen LogP contribution in [0.25, 0.3) is 0 Å². The third-order valence-electron chi connectivity index (χ3n) is 2.94. The van der Waals surface area contributed by atoms with E-state index in [1.807, 2.05) is 19.1 Å². The largest absolute Gasteiger partial charge is 0.393 e. The monoisotopic (exact) mass is 240 g/mol. The van der Waals surface area contributed by atoms with E-state index in [9.17, 15) is 5.11 Å². The number of aliphatic hydroxyl groups is 1. The summed E-state index contributed by atoms with van der Waals surface area (Å²) in [5.41, 5.74) is 2.25. The van der Waals surface area contributed by atoms with Gasteiger partial charge in [0.05, 0.1) is 6.10 Å². The predicted molar refractivity (Wildman–Crippen MR) is 70.0 cm³/mol. The van der Waals surface area contributed by atoms with Crippen molar-refractivity contribution in [1.29, 1.82) is 0 Å². The average molecular weight is 241 g/mol. The second-order valence-electron chi connectivity index (χ2n) is 5.50. The molecule has 0 amide bonds. The SMILES string of the molecule is Cc1ccc(CCC(O)C(C)(C)C)cc1Cl. The molecular weight excluding hydrogens is 220 g/mol.